The molecule has 2 aromatic rings. The molecule has 0 heterocycles. The molecule has 108 valence electrons. The fourth-order valence-electron chi connectivity index (χ4n) is 1.69. The van der Waals surface area contributed by atoms with Gasteiger partial charge in [0.15, 0.2) is 11.5 Å². The van der Waals surface area contributed by atoms with E-state index >= 15 is 0 Å². The molecule has 3 N–H and O–H groups in total. The maximum absolute atomic E-state index is 12.0. The van der Waals surface area contributed by atoms with Crippen molar-refractivity contribution < 1.29 is 19.1 Å². The Bertz CT molecular complexity index is 653. The molecule has 0 radical (unpaired) electrons. The van der Waals surface area contributed by atoms with Crippen molar-refractivity contribution in [3.8, 4) is 11.5 Å². The Morgan fingerprint density at radius 1 is 1.00 bits per heavy atom. The van der Waals surface area contributed by atoms with Gasteiger partial charge in [-0.05, 0) is 36.4 Å². The van der Waals surface area contributed by atoms with Gasteiger partial charge in [-0.15, -0.1) is 0 Å². The van der Waals surface area contributed by atoms with Crippen molar-refractivity contribution >= 4 is 17.7 Å². The van der Waals surface area contributed by atoms with Gasteiger partial charge in [0.1, 0.15) is 0 Å². The molecule has 6 nitrogen and oxygen atoms in total. The summed E-state index contributed by atoms with van der Waals surface area (Å²) >= 11 is 0. The molecule has 0 aromatic heterocycles. The predicted octanol–water partition coefficient (Wildman–Crippen LogP) is 2.41. The summed E-state index contributed by atoms with van der Waals surface area (Å²) in [6.07, 6.45) is 0. The largest absolute Gasteiger partial charge is 0.493 e. The van der Waals surface area contributed by atoms with Gasteiger partial charge in [-0.1, -0.05) is 12.1 Å². The Morgan fingerprint density at radius 2 is 1.62 bits per heavy atom. The van der Waals surface area contributed by atoms with E-state index in [9.17, 15) is 9.59 Å². The third-order valence-corrected chi connectivity index (χ3v) is 2.66. The summed E-state index contributed by atoms with van der Waals surface area (Å²) < 4.78 is 10.4. The van der Waals surface area contributed by atoms with Crippen LogP contribution >= 0.6 is 0 Å². The summed E-state index contributed by atoms with van der Waals surface area (Å²) in [5.74, 6) is 0.285. The molecule has 2 rings (SSSR count). The first-order valence-electron chi connectivity index (χ1n) is 6.12. The molecule has 0 unspecified atom stereocenters. The molecule has 0 bridgehead atoms. The lowest BCUT2D eigenvalue weighted by Gasteiger charge is -2.09. The number of urea groups is 1. The van der Waals surface area contributed by atoms with Crippen LogP contribution in [-0.2, 0) is 0 Å². The predicted molar refractivity (Wildman–Crippen MR) is 77.6 cm³/mol. The van der Waals surface area contributed by atoms with Gasteiger partial charge >= 0.3 is 12.0 Å². The zero-order valence-corrected chi connectivity index (χ0v) is 11.3. The Labute approximate surface area is 121 Å². The number of amides is 2. The van der Waals surface area contributed by atoms with Crippen molar-refractivity contribution in [1.29, 1.82) is 0 Å². The molecule has 2 aromatic carbocycles. The van der Waals surface area contributed by atoms with Gasteiger partial charge in [0, 0.05) is 5.69 Å². The van der Waals surface area contributed by atoms with Gasteiger partial charge in [0.2, 0.25) is 0 Å². The van der Waals surface area contributed by atoms with E-state index in [0.29, 0.717) is 22.7 Å². The highest BCUT2D eigenvalue weighted by molar-refractivity contribution is 5.93. The molecule has 2 amide bonds. The number of benzene rings is 2. The van der Waals surface area contributed by atoms with E-state index in [1.165, 1.54) is 19.2 Å². The van der Waals surface area contributed by atoms with Crippen LogP contribution in [-0.4, -0.2) is 19.1 Å². The fraction of sp³-hybridized carbons (Fsp3) is 0.0667. The standard InChI is InChI=1S/C15H14N2O4/c1-20-12-4-2-3-5-13(12)21-14(18)10-6-8-11(9-7-10)17-15(16)19/h2-9H,1H3,(H3,16,17,19). The van der Waals surface area contributed by atoms with E-state index in [2.05, 4.69) is 5.32 Å². The number of carbonyl (C=O) groups excluding carboxylic acids is 2. The highest BCUT2D eigenvalue weighted by atomic mass is 16.6. The quantitative estimate of drug-likeness (QED) is 0.667. The number of anilines is 1. The van der Waals surface area contributed by atoms with Crippen molar-refractivity contribution in [2.24, 2.45) is 5.73 Å². The van der Waals surface area contributed by atoms with Gasteiger partial charge < -0.3 is 20.5 Å². The monoisotopic (exact) mass is 286 g/mol. The third kappa shape index (κ3) is 3.73. The van der Waals surface area contributed by atoms with Crippen molar-refractivity contribution in [3.63, 3.8) is 0 Å². The number of methoxy groups -OCH3 is 1. The SMILES string of the molecule is COc1ccccc1OC(=O)c1ccc(NC(N)=O)cc1. The number of hydrogen-bond acceptors (Lipinski definition) is 4. The zero-order chi connectivity index (χ0) is 15.2. The number of ether oxygens (including phenoxy) is 2. The van der Waals surface area contributed by atoms with Crippen molar-refractivity contribution in [2.45, 2.75) is 0 Å². The minimum absolute atomic E-state index is 0.337. The Balaban J connectivity index is 2.11. The van der Waals surface area contributed by atoms with Crippen molar-refractivity contribution in [1.82, 2.24) is 0 Å². The van der Waals surface area contributed by atoms with Crippen LogP contribution in [0, 0.1) is 0 Å². The summed E-state index contributed by atoms with van der Waals surface area (Å²) in [5.41, 5.74) is 5.84. The minimum atomic E-state index is -0.667. The highest BCUT2D eigenvalue weighted by Gasteiger charge is 2.11. The number of rotatable bonds is 4. The second-order valence-corrected chi connectivity index (χ2v) is 4.11. The van der Waals surface area contributed by atoms with E-state index in [1.807, 2.05) is 0 Å². The molecule has 0 saturated heterocycles. The summed E-state index contributed by atoms with van der Waals surface area (Å²) in [6.45, 7) is 0. The lowest BCUT2D eigenvalue weighted by molar-refractivity contribution is 0.0730. The van der Waals surface area contributed by atoms with Crippen LogP contribution in [0.3, 0.4) is 0 Å². The fourth-order valence-corrected chi connectivity index (χ4v) is 1.69. The van der Waals surface area contributed by atoms with Crippen LogP contribution in [0.5, 0.6) is 11.5 Å². The molecular weight excluding hydrogens is 272 g/mol. The zero-order valence-electron chi connectivity index (χ0n) is 11.3. The summed E-state index contributed by atoms with van der Waals surface area (Å²) in [5, 5.41) is 2.41. The van der Waals surface area contributed by atoms with Crippen molar-refractivity contribution in [2.75, 3.05) is 12.4 Å². The van der Waals surface area contributed by atoms with E-state index in [4.69, 9.17) is 15.2 Å². The molecule has 21 heavy (non-hydrogen) atoms. The topological polar surface area (TPSA) is 90.7 Å². The van der Waals surface area contributed by atoms with Gasteiger partial charge in [-0.25, -0.2) is 9.59 Å². The summed E-state index contributed by atoms with van der Waals surface area (Å²) in [7, 11) is 1.50. The molecule has 6 heteroatoms. The second-order valence-electron chi connectivity index (χ2n) is 4.11. The average molecular weight is 286 g/mol. The maximum atomic E-state index is 12.0. The normalized spacial score (nSPS) is 9.76. The summed E-state index contributed by atoms with van der Waals surface area (Å²) in [6, 6.07) is 12.4. The first kappa shape index (κ1) is 14.4. The molecular formula is C15H14N2O4. The van der Waals surface area contributed by atoms with Crippen LogP contribution in [0.4, 0.5) is 10.5 Å². The molecule has 0 atom stereocenters. The van der Waals surface area contributed by atoms with Gasteiger partial charge in [0.05, 0.1) is 12.7 Å². The lowest BCUT2D eigenvalue weighted by Crippen LogP contribution is -2.19. The van der Waals surface area contributed by atoms with E-state index in [0.717, 1.165) is 0 Å². The van der Waals surface area contributed by atoms with Crippen LogP contribution < -0.4 is 20.5 Å². The van der Waals surface area contributed by atoms with Crippen LogP contribution in [0.25, 0.3) is 0 Å². The van der Waals surface area contributed by atoms with Crippen LogP contribution in [0.15, 0.2) is 48.5 Å². The molecule has 0 saturated carbocycles. The number of primary amides is 1. The number of hydrogen-bond donors (Lipinski definition) is 2. The molecule has 0 aliphatic heterocycles. The van der Waals surface area contributed by atoms with E-state index in [1.54, 1.807) is 36.4 Å². The number of para-hydroxylation sites is 2. The highest BCUT2D eigenvalue weighted by Crippen LogP contribution is 2.26. The number of nitrogens with two attached hydrogens (primary N) is 1. The maximum Gasteiger partial charge on any atom is 0.343 e. The smallest absolute Gasteiger partial charge is 0.343 e. The first-order valence-corrected chi connectivity index (χ1v) is 6.12. The lowest BCUT2D eigenvalue weighted by atomic mass is 10.2. The third-order valence-electron chi connectivity index (χ3n) is 2.66. The van der Waals surface area contributed by atoms with E-state index < -0.39 is 12.0 Å². The van der Waals surface area contributed by atoms with Crippen molar-refractivity contribution in [3.05, 3.63) is 54.1 Å². The average Bonchev–Trinajstić information content (AvgIpc) is 2.48. The Kier molecular flexibility index (Phi) is 4.40. The minimum Gasteiger partial charge on any atom is -0.493 e. The van der Waals surface area contributed by atoms with Crippen LogP contribution in [0.2, 0.25) is 0 Å². The second kappa shape index (κ2) is 6.42. The first-order chi connectivity index (χ1) is 10.1. The number of esters is 1. The van der Waals surface area contributed by atoms with Gasteiger partial charge in [0.25, 0.3) is 0 Å². The van der Waals surface area contributed by atoms with E-state index in [-0.39, 0.29) is 0 Å². The molecule has 0 aliphatic carbocycles. The number of carbonyl (C=O) groups is 2. The number of nitrogens with one attached hydrogen (secondary N) is 1. The molecule has 0 fully saturated rings. The van der Waals surface area contributed by atoms with Crippen LogP contribution in [0.1, 0.15) is 10.4 Å². The van der Waals surface area contributed by atoms with Gasteiger partial charge in [-0.3, -0.25) is 0 Å². The summed E-state index contributed by atoms with van der Waals surface area (Å²) in [4.78, 5) is 22.7. The molecule has 0 aliphatic rings. The van der Waals surface area contributed by atoms with Gasteiger partial charge in [-0.2, -0.15) is 0 Å². The molecule has 0 spiro atoms. The Morgan fingerprint density at radius 3 is 2.19 bits per heavy atom. The Hall–Kier alpha value is -3.02.